The van der Waals surface area contributed by atoms with E-state index in [1.807, 2.05) is 37.3 Å². The van der Waals surface area contributed by atoms with Crippen molar-refractivity contribution in [1.29, 1.82) is 0 Å². The third kappa shape index (κ3) is 2.30. The van der Waals surface area contributed by atoms with Crippen molar-refractivity contribution in [1.82, 2.24) is 10.2 Å². The highest BCUT2D eigenvalue weighted by atomic mass is 16.7. The molecule has 3 rings (SSSR count). The third-order valence-corrected chi connectivity index (χ3v) is 4.53. The molecule has 2 heterocycles. The van der Waals surface area contributed by atoms with E-state index in [2.05, 4.69) is 37.9 Å². The van der Waals surface area contributed by atoms with Gasteiger partial charge in [0.05, 0.1) is 16.9 Å². The molecule has 1 fully saturated rings. The fourth-order valence-electron chi connectivity index (χ4n) is 2.50. The van der Waals surface area contributed by atoms with Crippen LogP contribution in [-0.4, -0.2) is 28.5 Å². The molecule has 110 valence electrons. The van der Waals surface area contributed by atoms with Crippen LogP contribution in [-0.2, 0) is 9.31 Å². The third-order valence-electron chi connectivity index (χ3n) is 4.53. The molecule has 1 saturated heterocycles. The van der Waals surface area contributed by atoms with Crippen LogP contribution in [0.2, 0.25) is 0 Å². The number of nitrogens with zero attached hydrogens (tertiary/aromatic N) is 1. The molecular weight excluding hydrogens is 263 g/mol. The highest BCUT2D eigenvalue weighted by Crippen LogP contribution is 2.37. The van der Waals surface area contributed by atoms with Crippen LogP contribution < -0.4 is 5.46 Å². The zero-order chi connectivity index (χ0) is 15.3. The van der Waals surface area contributed by atoms with E-state index >= 15 is 0 Å². The number of benzene rings is 1. The van der Waals surface area contributed by atoms with Crippen molar-refractivity contribution >= 4 is 12.6 Å². The van der Waals surface area contributed by atoms with E-state index in [4.69, 9.17) is 9.31 Å². The maximum Gasteiger partial charge on any atom is 0.499 e. The normalized spacial score (nSPS) is 20.0. The standard InChI is InChI=1S/C16H21BN2O2/c1-11-13(17-20-15(2,3)16(4,5)21-17)14(19-18-11)12-9-7-6-8-10-12/h6-10H,1-5H3,(H,18,19). The minimum absolute atomic E-state index is 0.352. The second-order valence-corrected chi connectivity index (χ2v) is 6.57. The molecule has 1 aromatic carbocycles. The lowest BCUT2D eigenvalue weighted by Gasteiger charge is -2.32. The van der Waals surface area contributed by atoms with E-state index in [9.17, 15) is 0 Å². The molecule has 4 nitrogen and oxygen atoms in total. The molecule has 5 heteroatoms. The van der Waals surface area contributed by atoms with Crippen LogP contribution in [0.3, 0.4) is 0 Å². The van der Waals surface area contributed by atoms with Crippen molar-refractivity contribution in [3.63, 3.8) is 0 Å². The van der Waals surface area contributed by atoms with Gasteiger partial charge in [-0.15, -0.1) is 0 Å². The van der Waals surface area contributed by atoms with Gasteiger partial charge in [-0.05, 0) is 34.6 Å². The van der Waals surface area contributed by atoms with Crippen LogP contribution in [0.4, 0.5) is 0 Å². The summed E-state index contributed by atoms with van der Waals surface area (Å²) in [6.45, 7) is 10.2. The van der Waals surface area contributed by atoms with Gasteiger partial charge in [0.2, 0.25) is 0 Å². The van der Waals surface area contributed by atoms with Crippen LogP contribution in [0.1, 0.15) is 33.4 Å². The lowest BCUT2D eigenvalue weighted by Crippen LogP contribution is -2.41. The van der Waals surface area contributed by atoms with Gasteiger partial charge in [-0.1, -0.05) is 30.3 Å². The summed E-state index contributed by atoms with van der Waals surface area (Å²) in [6.07, 6.45) is 0. The number of H-pyrrole nitrogens is 1. The highest BCUT2D eigenvalue weighted by Gasteiger charge is 2.53. The molecule has 0 radical (unpaired) electrons. The topological polar surface area (TPSA) is 47.1 Å². The number of aromatic amines is 1. The zero-order valence-electron chi connectivity index (χ0n) is 13.2. The number of rotatable bonds is 2. The molecule has 1 N–H and O–H groups in total. The van der Waals surface area contributed by atoms with Crippen molar-refractivity contribution in [2.45, 2.75) is 45.8 Å². The van der Waals surface area contributed by atoms with Crippen molar-refractivity contribution in [3.05, 3.63) is 36.0 Å². The number of nitrogens with one attached hydrogen (secondary N) is 1. The van der Waals surface area contributed by atoms with E-state index < -0.39 is 7.12 Å². The van der Waals surface area contributed by atoms with Gasteiger partial charge in [0.1, 0.15) is 0 Å². The van der Waals surface area contributed by atoms with Gasteiger partial charge in [-0.3, -0.25) is 5.10 Å². The van der Waals surface area contributed by atoms with Crippen molar-refractivity contribution in [2.24, 2.45) is 0 Å². The average molecular weight is 284 g/mol. The monoisotopic (exact) mass is 284 g/mol. The fourth-order valence-corrected chi connectivity index (χ4v) is 2.50. The highest BCUT2D eigenvalue weighted by molar-refractivity contribution is 6.64. The Balaban J connectivity index is 2.03. The van der Waals surface area contributed by atoms with E-state index in [0.717, 1.165) is 22.4 Å². The second kappa shape index (κ2) is 4.72. The Morgan fingerprint density at radius 1 is 1.00 bits per heavy atom. The molecule has 21 heavy (non-hydrogen) atoms. The first-order valence-electron chi connectivity index (χ1n) is 7.28. The molecule has 0 atom stereocenters. The van der Waals surface area contributed by atoms with Gasteiger partial charge in [-0.2, -0.15) is 5.10 Å². The molecule has 0 unspecified atom stereocenters. The summed E-state index contributed by atoms with van der Waals surface area (Å²) in [7, 11) is -0.399. The largest absolute Gasteiger partial charge is 0.499 e. The van der Waals surface area contributed by atoms with Gasteiger partial charge >= 0.3 is 7.12 Å². The lowest BCUT2D eigenvalue weighted by molar-refractivity contribution is 0.00578. The van der Waals surface area contributed by atoms with Crippen molar-refractivity contribution in [3.8, 4) is 11.3 Å². The molecule has 2 aromatic rings. The molecule has 0 saturated carbocycles. The molecular formula is C16H21BN2O2. The van der Waals surface area contributed by atoms with Crippen LogP contribution in [0, 0.1) is 6.92 Å². The Kier molecular flexibility index (Phi) is 3.22. The number of hydrogen-bond donors (Lipinski definition) is 1. The van der Waals surface area contributed by atoms with E-state index in [1.54, 1.807) is 0 Å². The first kappa shape index (κ1) is 14.4. The van der Waals surface area contributed by atoms with E-state index in [0.29, 0.717) is 0 Å². The van der Waals surface area contributed by atoms with Crippen LogP contribution in [0.15, 0.2) is 30.3 Å². The Hall–Kier alpha value is -1.59. The van der Waals surface area contributed by atoms with Gasteiger partial charge in [0, 0.05) is 16.7 Å². The Morgan fingerprint density at radius 3 is 2.14 bits per heavy atom. The molecule has 1 aliphatic heterocycles. The molecule has 0 spiro atoms. The van der Waals surface area contributed by atoms with Crippen LogP contribution in [0.25, 0.3) is 11.3 Å². The quantitative estimate of drug-likeness (QED) is 0.862. The minimum atomic E-state index is -0.399. The lowest BCUT2D eigenvalue weighted by atomic mass is 9.76. The maximum absolute atomic E-state index is 6.17. The summed E-state index contributed by atoms with van der Waals surface area (Å²) in [5, 5.41) is 7.50. The SMILES string of the molecule is Cc1[nH]nc(-c2ccccc2)c1B1OC(C)(C)C(C)(C)O1. The van der Waals surface area contributed by atoms with Gasteiger partial charge < -0.3 is 9.31 Å². The number of hydrogen-bond acceptors (Lipinski definition) is 3. The smallest absolute Gasteiger partial charge is 0.399 e. The predicted molar refractivity (Wildman–Crippen MR) is 84.5 cm³/mol. The van der Waals surface area contributed by atoms with Gasteiger partial charge in [0.15, 0.2) is 0 Å². The summed E-state index contributed by atoms with van der Waals surface area (Å²) in [5.41, 5.74) is 3.22. The van der Waals surface area contributed by atoms with Gasteiger partial charge in [0.25, 0.3) is 0 Å². The van der Waals surface area contributed by atoms with Crippen LogP contribution >= 0.6 is 0 Å². The summed E-state index contributed by atoms with van der Waals surface area (Å²) >= 11 is 0. The molecule has 0 bridgehead atoms. The fraction of sp³-hybridized carbons (Fsp3) is 0.438. The molecule has 0 aliphatic carbocycles. The summed E-state index contributed by atoms with van der Waals surface area (Å²) < 4.78 is 12.3. The second-order valence-electron chi connectivity index (χ2n) is 6.57. The molecule has 0 amide bonds. The Bertz CT molecular complexity index is 634. The van der Waals surface area contributed by atoms with Crippen LogP contribution in [0.5, 0.6) is 0 Å². The van der Waals surface area contributed by atoms with E-state index in [-0.39, 0.29) is 11.2 Å². The predicted octanol–water partition coefficient (Wildman–Crippen LogP) is 2.68. The molecule has 1 aromatic heterocycles. The maximum atomic E-state index is 6.17. The first-order chi connectivity index (χ1) is 9.82. The first-order valence-corrected chi connectivity index (χ1v) is 7.28. The Labute approximate surface area is 126 Å². The number of aromatic nitrogens is 2. The average Bonchev–Trinajstić information content (AvgIpc) is 2.89. The summed E-state index contributed by atoms with van der Waals surface area (Å²) in [5.74, 6) is 0. The minimum Gasteiger partial charge on any atom is -0.399 e. The zero-order valence-corrected chi connectivity index (χ0v) is 13.2. The molecule has 1 aliphatic rings. The van der Waals surface area contributed by atoms with Gasteiger partial charge in [-0.25, -0.2) is 0 Å². The number of aryl methyl sites for hydroxylation is 1. The van der Waals surface area contributed by atoms with E-state index in [1.165, 1.54) is 0 Å². The van der Waals surface area contributed by atoms with Crippen molar-refractivity contribution < 1.29 is 9.31 Å². The van der Waals surface area contributed by atoms with Crippen molar-refractivity contribution in [2.75, 3.05) is 0 Å². The Morgan fingerprint density at radius 2 is 1.57 bits per heavy atom. The summed E-state index contributed by atoms with van der Waals surface area (Å²) in [6, 6.07) is 10.1. The summed E-state index contributed by atoms with van der Waals surface area (Å²) in [4.78, 5) is 0.